The highest BCUT2D eigenvalue weighted by Gasteiger charge is 2.21. The fourth-order valence-electron chi connectivity index (χ4n) is 2.79. The number of hydrogen-bond acceptors (Lipinski definition) is 1. The molecule has 0 amide bonds. The molecule has 0 aromatic heterocycles. The van der Waals surface area contributed by atoms with Gasteiger partial charge in [0.15, 0.2) is 0 Å². The van der Waals surface area contributed by atoms with Crippen molar-refractivity contribution in [3.05, 3.63) is 35.4 Å². The van der Waals surface area contributed by atoms with E-state index in [-0.39, 0.29) is 0 Å². The molecule has 1 atom stereocenters. The van der Waals surface area contributed by atoms with E-state index in [0.717, 1.165) is 12.5 Å². The summed E-state index contributed by atoms with van der Waals surface area (Å²) in [5, 5.41) is 0. The molecule has 0 radical (unpaired) electrons. The van der Waals surface area contributed by atoms with Crippen LogP contribution in [0.1, 0.15) is 49.7 Å². The van der Waals surface area contributed by atoms with Crippen LogP contribution in [0.2, 0.25) is 0 Å². The van der Waals surface area contributed by atoms with Gasteiger partial charge in [0.25, 0.3) is 0 Å². The standard InChI is InChI=1S/C15H23N/c1-3-4-5-8-13-11-16(2)12-14-9-6-7-10-15(13)14/h6-7,9-10,13H,3-5,8,11-12H2,1-2H3. The first kappa shape index (κ1) is 11.7. The predicted octanol–water partition coefficient (Wildman–Crippen LogP) is 3.80. The molecule has 0 saturated carbocycles. The van der Waals surface area contributed by atoms with E-state index in [0.29, 0.717) is 0 Å². The molecule has 1 heterocycles. The maximum absolute atomic E-state index is 2.46. The van der Waals surface area contributed by atoms with Gasteiger partial charge in [-0.1, -0.05) is 50.5 Å². The summed E-state index contributed by atoms with van der Waals surface area (Å²) in [6.07, 6.45) is 5.44. The maximum Gasteiger partial charge on any atom is 0.0233 e. The van der Waals surface area contributed by atoms with Crippen LogP contribution in [0.5, 0.6) is 0 Å². The van der Waals surface area contributed by atoms with Crippen molar-refractivity contribution in [2.24, 2.45) is 0 Å². The zero-order chi connectivity index (χ0) is 11.4. The largest absolute Gasteiger partial charge is 0.301 e. The van der Waals surface area contributed by atoms with E-state index >= 15 is 0 Å². The topological polar surface area (TPSA) is 3.24 Å². The number of hydrogen-bond donors (Lipinski definition) is 0. The Morgan fingerprint density at radius 2 is 2.06 bits per heavy atom. The van der Waals surface area contributed by atoms with Crippen molar-refractivity contribution in [2.75, 3.05) is 13.6 Å². The summed E-state index contributed by atoms with van der Waals surface area (Å²) in [5.41, 5.74) is 3.15. The molecule has 1 aliphatic heterocycles. The molecule has 16 heavy (non-hydrogen) atoms. The first-order valence-corrected chi connectivity index (χ1v) is 6.57. The van der Waals surface area contributed by atoms with E-state index in [1.807, 2.05) is 0 Å². The van der Waals surface area contributed by atoms with Gasteiger partial charge in [0, 0.05) is 13.1 Å². The van der Waals surface area contributed by atoms with Gasteiger partial charge in [0.1, 0.15) is 0 Å². The summed E-state index contributed by atoms with van der Waals surface area (Å²) in [7, 11) is 2.24. The predicted molar refractivity (Wildman–Crippen MR) is 69.7 cm³/mol. The lowest BCUT2D eigenvalue weighted by Crippen LogP contribution is -2.30. The minimum absolute atomic E-state index is 0.765. The number of likely N-dealkylation sites (N-methyl/N-ethyl adjacent to an activating group) is 1. The second-order valence-electron chi connectivity index (χ2n) is 5.09. The van der Waals surface area contributed by atoms with Crippen LogP contribution >= 0.6 is 0 Å². The van der Waals surface area contributed by atoms with Gasteiger partial charge in [-0.2, -0.15) is 0 Å². The highest BCUT2D eigenvalue weighted by molar-refractivity contribution is 5.32. The third-order valence-electron chi connectivity index (χ3n) is 3.62. The van der Waals surface area contributed by atoms with E-state index in [1.54, 1.807) is 5.56 Å². The lowest BCUT2D eigenvalue weighted by molar-refractivity contribution is 0.272. The monoisotopic (exact) mass is 217 g/mol. The van der Waals surface area contributed by atoms with Crippen LogP contribution in [0.4, 0.5) is 0 Å². The molecule has 0 N–H and O–H groups in total. The fraction of sp³-hybridized carbons (Fsp3) is 0.600. The third-order valence-corrected chi connectivity index (χ3v) is 3.62. The molecule has 0 aliphatic carbocycles. The minimum atomic E-state index is 0.765. The summed E-state index contributed by atoms with van der Waals surface area (Å²) >= 11 is 0. The van der Waals surface area contributed by atoms with Gasteiger partial charge in [-0.15, -0.1) is 0 Å². The summed E-state index contributed by atoms with van der Waals surface area (Å²) in [6, 6.07) is 8.98. The number of unbranched alkanes of at least 4 members (excludes halogenated alkanes) is 2. The van der Waals surface area contributed by atoms with Gasteiger partial charge < -0.3 is 4.90 Å². The van der Waals surface area contributed by atoms with E-state index in [4.69, 9.17) is 0 Å². The van der Waals surface area contributed by atoms with Crippen LogP contribution < -0.4 is 0 Å². The Bertz CT molecular complexity index is 332. The molecule has 0 saturated heterocycles. The Kier molecular flexibility index (Phi) is 4.00. The van der Waals surface area contributed by atoms with E-state index in [9.17, 15) is 0 Å². The van der Waals surface area contributed by atoms with Crippen molar-refractivity contribution in [3.63, 3.8) is 0 Å². The van der Waals surface area contributed by atoms with Crippen molar-refractivity contribution < 1.29 is 0 Å². The number of nitrogens with zero attached hydrogens (tertiary/aromatic N) is 1. The quantitative estimate of drug-likeness (QED) is 0.693. The third kappa shape index (κ3) is 2.65. The Labute approximate surface area is 99.5 Å². The molecule has 1 aromatic rings. The highest BCUT2D eigenvalue weighted by Crippen LogP contribution is 2.31. The maximum atomic E-state index is 2.46. The lowest BCUT2D eigenvalue weighted by Gasteiger charge is -2.32. The average Bonchev–Trinajstić information content (AvgIpc) is 2.29. The summed E-state index contributed by atoms with van der Waals surface area (Å²) in [5.74, 6) is 0.765. The van der Waals surface area contributed by atoms with Gasteiger partial charge in [0.2, 0.25) is 0 Å². The van der Waals surface area contributed by atoms with Crippen molar-refractivity contribution in [3.8, 4) is 0 Å². The average molecular weight is 217 g/mol. The molecule has 0 spiro atoms. The Balaban J connectivity index is 2.07. The first-order valence-electron chi connectivity index (χ1n) is 6.57. The molecule has 1 aliphatic rings. The summed E-state index contributed by atoms with van der Waals surface area (Å²) < 4.78 is 0. The molecule has 1 nitrogen and oxygen atoms in total. The molecule has 0 bridgehead atoms. The van der Waals surface area contributed by atoms with Crippen LogP contribution in [-0.4, -0.2) is 18.5 Å². The van der Waals surface area contributed by atoms with Crippen molar-refractivity contribution in [2.45, 2.75) is 45.1 Å². The lowest BCUT2D eigenvalue weighted by atomic mass is 9.86. The summed E-state index contributed by atoms with van der Waals surface area (Å²) in [4.78, 5) is 2.46. The summed E-state index contributed by atoms with van der Waals surface area (Å²) in [6.45, 7) is 4.64. The van der Waals surface area contributed by atoms with E-state index in [1.165, 1.54) is 37.8 Å². The molecule has 1 heteroatoms. The molecule has 88 valence electrons. The fourth-order valence-corrected chi connectivity index (χ4v) is 2.79. The van der Waals surface area contributed by atoms with Crippen LogP contribution in [-0.2, 0) is 6.54 Å². The minimum Gasteiger partial charge on any atom is -0.301 e. The second-order valence-corrected chi connectivity index (χ2v) is 5.09. The first-order chi connectivity index (χ1) is 7.81. The van der Waals surface area contributed by atoms with Gasteiger partial charge in [-0.05, 0) is 30.5 Å². The van der Waals surface area contributed by atoms with Crippen LogP contribution in [0.15, 0.2) is 24.3 Å². The molecule has 2 rings (SSSR count). The van der Waals surface area contributed by atoms with Crippen molar-refractivity contribution in [1.29, 1.82) is 0 Å². The Morgan fingerprint density at radius 1 is 1.25 bits per heavy atom. The smallest absolute Gasteiger partial charge is 0.0233 e. The normalized spacial score (nSPS) is 20.8. The van der Waals surface area contributed by atoms with Gasteiger partial charge in [0.05, 0.1) is 0 Å². The van der Waals surface area contributed by atoms with Gasteiger partial charge in [-0.3, -0.25) is 0 Å². The zero-order valence-electron chi connectivity index (χ0n) is 10.6. The molecular formula is C15H23N. The molecule has 0 fully saturated rings. The van der Waals surface area contributed by atoms with Crippen molar-refractivity contribution >= 4 is 0 Å². The van der Waals surface area contributed by atoms with E-state index in [2.05, 4.69) is 43.1 Å². The SMILES string of the molecule is CCCCCC1CN(C)Cc2ccccc21. The van der Waals surface area contributed by atoms with Gasteiger partial charge >= 0.3 is 0 Å². The molecule has 1 unspecified atom stereocenters. The number of benzene rings is 1. The Morgan fingerprint density at radius 3 is 2.88 bits per heavy atom. The number of fused-ring (bicyclic) bond motifs is 1. The van der Waals surface area contributed by atoms with Crippen LogP contribution in [0.25, 0.3) is 0 Å². The second kappa shape index (κ2) is 5.49. The van der Waals surface area contributed by atoms with E-state index < -0.39 is 0 Å². The molecular weight excluding hydrogens is 194 g/mol. The van der Waals surface area contributed by atoms with Gasteiger partial charge in [-0.25, -0.2) is 0 Å². The number of rotatable bonds is 4. The van der Waals surface area contributed by atoms with Crippen LogP contribution in [0.3, 0.4) is 0 Å². The van der Waals surface area contributed by atoms with Crippen LogP contribution in [0, 0.1) is 0 Å². The Hall–Kier alpha value is -0.820. The molecule has 1 aromatic carbocycles. The highest BCUT2D eigenvalue weighted by atomic mass is 15.1. The zero-order valence-corrected chi connectivity index (χ0v) is 10.6. The van der Waals surface area contributed by atoms with Crippen molar-refractivity contribution in [1.82, 2.24) is 4.90 Å².